The summed E-state index contributed by atoms with van der Waals surface area (Å²) in [6, 6.07) is 7.50. The number of fused-ring (bicyclic) bond motifs is 1. The first-order chi connectivity index (χ1) is 16.1. The third-order valence-electron chi connectivity index (χ3n) is 5.99. The molecule has 1 heterocycles. The number of phenolic OH excluding ortho intramolecular Hbond substituents is 1. The Labute approximate surface area is 199 Å². The van der Waals surface area contributed by atoms with Gasteiger partial charge in [0.2, 0.25) is 0 Å². The number of hydrogen-bond donors (Lipinski definition) is 2. The number of cyclic esters (lactones) is 1. The summed E-state index contributed by atoms with van der Waals surface area (Å²) in [4.78, 5) is 30.4. The Morgan fingerprint density at radius 1 is 1.29 bits per heavy atom. The highest BCUT2D eigenvalue weighted by Crippen LogP contribution is 2.39. The Morgan fingerprint density at radius 3 is 2.59 bits per heavy atom. The Kier molecular flexibility index (Phi) is 8.18. The van der Waals surface area contributed by atoms with E-state index in [-0.39, 0.29) is 24.1 Å². The molecule has 2 atom stereocenters. The molecule has 9 heteroatoms. The van der Waals surface area contributed by atoms with Gasteiger partial charge in [0.25, 0.3) is 0 Å². The van der Waals surface area contributed by atoms with Crippen molar-refractivity contribution >= 4 is 19.9 Å². The first-order valence-electron chi connectivity index (χ1n) is 11.1. The number of carbonyl (C=O) groups excluding carboxylic acids is 1. The van der Waals surface area contributed by atoms with Gasteiger partial charge in [-0.2, -0.15) is 0 Å². The molecule has 0 amide bonds. The second kappa shape index (κ2) is 10.9. The molecular formula is C25H30NO7P. The van der Waals surface area contributed by atoms with Crippen LogP contribution in [0.3, 0.4) is 0 Å². The molecule has 2 N–H and O–H groups in total. The average molecular weight is 487 g/mol. The van der Waals surface area contributed by atoms with Crippen LogP contribution in [0.15, 0.2) is 42.0 Å². The fourth-order valence-electron chi connectivity index (χ4n) is 4.05. The molecule has 182 valence electrons. The molecule has 34 heavy (non-hydrogen) atoms. The lowest BCUT2D eigenvalue weighted by Crippen LogP contribution is -2.36. The van der Waals surface area contributed by atoms with Crippen LogP contribution in [0.1, 0.15) is 53.4 Å². The third-order valence-corrected chi connectivity index (χ3v) is 7.82. The number of carboxylic acids is 1. The number of hydroxylamine groups is 1. The number of hydrogen-bond acceptors (Lipinski definition) is 6. The molecular weight excluding hydrogens is 457 g/mol. The largest absolute Gasteiger partial charge is 0.507 e. The fraction of sp³-hybridized carbons (Fsp3) is 0.360. The van der Waals surface area contributed by atoms with Gasteiger partial charge in [0, 0.05) is 17.3 Å². The number of rotatable bonds is 10. The highest BCUT2D eigenvalue weighted by molar-refractivity contribution is 7.42. The maximum absolute atomic E-state index is 13.1. The van der Waals surface area contributed by atoms with Crippen molar-refractivity contribution in [2.24, 2.45) is 0 Å². The van der Waals surface area contributed by atoms with Crippen LogP contribution in [0.4, 0.5) is 0 Å². The van der Waals surface area contributed by atoms with Gasteiger partial charge in [-0.15, -0.1) is 0 Å². The Bertz CT molecular complexity index is 1140. The lowest BCUT2D eigenvalue weighted by molar-refractivity contribution is -0.147. The summed E-state index contributed by atoms with van der Waals surface area (Å²) in [7, 11) is -2.65. The first kappa shape index (κ1) is 25.5. The highest BCUT2D eigenvalue weighted by Gasteiger charge is 2.31. The van der Waals surface area contributed by atoms with Crippen LogP contribution in [-0.4, -0.2) is 39.2 Å². The van der Waals surface area contributed by atoms with E-state index in [4.69, 9.17) is 9.57 Å². The zero-order chi connectivity index (χ0) is 25.0. The van der Waals surface area contributed by atoms with Crippen LogP contribution in [0, 0.1) is 6.92 Å². The molecule has 2 aromatic carbocycles. The van der Waals surface area contributed by atoms with Gasteiger partial charge in [-0.25, -0.2) is 4.79 Å². The van der Waals surface area contributed by atoms with Crippen molar-refractivity contribution < 1.29 is 33.9 Å². The topological polar surface area (TPSA) is 113 Å². The van der Waals surface area contributed by atoms with E-state index >= 15 is 0 Å². The van der Waals surface area contributed by atoms with Gasteiger partial charge in [-0.1, -0.05) is 41.6 Å². The maximum atomic E-state index is 13.1. The van der Waals surface area contributed by atoms with Crippen LogP contribution in [0.25, 0.3) is 0 Å². The standard InChI is InChI=1S/C25H30NO7P/c1-5-19-16(3)21-13-32-25(30)22(21)23(27)20(19)12-11-15(2)14-34(31)26(17(4)24(28)29)33-18-9-7-6-8-10-18/h6-11,17,27,34H,5,12-14H2,1-4H3,(H,28,29)/t17-/m0/s1. The van der Waals surface area contributed by atoms with E-state index in [1.165, 1.54) is 6.92 Å². The molecule has 0 aliphatic carbocycles. The Balaban J connectivity index is 1.82. The minimum Gasteiger partial charge on any atom is -0.507 e. The molecule has 0 aromatic heterocycles. The van der Waals surface area contributed by atoms with E-state index in [2.05, 4.69) is 0 Å². The number of allylic oxidation sites excluding steroid dienone is 2. The van der Waals surface area contributed by atoms with Crippen molar-refractivity contribution in [3.8, 4) is 11.5 Å². The second-order valence-corrected chi connectivity index (χ2v) is 9.87. The minimum atomic E-state index is -2.65. The fourth-order valence-corrected chi connectivity index (χ4v) is 5.57. The van der Waals surface area contributed by atoms with Crippen LogP contribution >= 0.6 is 7.95 Å². The number of carbonyl (C=O) groups is 2. The molecule has 0 saturated heterocycles. The lowest BCUT2D eigenvalue weighted by Gasteiger charge is -2.25. The molecule has 0 bridgehead atoms. The van der Waals surface area contributed by atoms with Crippen molar-refractivity contribution in [3.63, 3.8) is 0 Å². The number of phenols is 1. The zero-order valence-corrected chi connectivity index (χ0v) is 20.8. The first-order valence-corrected chi connectivity index (χ1v) is 12.7. The predicted octanol–water partition coefficient (Wildman–Crippen LogP) is 4.67. The molecule has 3 rings (SSSR count). The third kappa shape index (κ3) is 5.34. The molecule has 1 aliphatic heterocycles. The quantitative estimate of drug-likeness (QED) is 0.215. The van der Waals surface area contributed by atoms with Crippen molar-refractivity contribution in [1.29, 1.82) is 0 Å². The predicted molar refractivity (Wildman–Crippen MR) is 129 cm³/mol. The smallest absolute Gasteiger partial charge is 0.342 e. The minimum absolute atomic E-state index is 0.0646. The summed E-state index contributed by atoms with van der Waals surface area (Å²) in [6.07, 6.45) is 2.97. The Hall–Kier alpha value is -3.09. The monoisotopic (exact) mass is 487 g/mol. The number of ether oxygens (including phenoxy) is 1. The number of benzene rings is 2. The summed E-state index contributed by atoms with van der Waals surface area (Å²) < 4.78 is 18.2. The maximum Gasteiger partial charge on any atom is 0.342 e. The molecule has 0 saturated carbocycles. The molecule has 0 spiro atoms. The van der Waals surface area contributed by atoms with Crippen molar-refractivity contribution in [2.45, 2.75) is 53.2 Å². The van der Waals surface area contributed by atoms with Crippen LogP contribution in [0.2, 0.25) is 0 Å². The number of aliphatic carboxylic acids is 1. The van der Waals surface area contributed by atoms with E-state index in [1.54, 1.807) is 37.3 Å². The van der Waals surface area contributed by atoms with Crippen molar-refractivity contribution in [2.75, 3.05) is 6.16 Å². The van der Waals surface area contributed by atoms with Gasteiger partial charge in [0.15, 0.2) is 7.95 Å². The number of aromatic hydroxyl groups is 1. The van der Waals surface area contributed by atoms with E-state index in [0.717, 1.165) is 27.1 Å². The summed E-state index contributed by atoms with van der Waals surface area (Å²) in [6.45, 7) is 7.29. The normalized spacial score (nSPS) is 15.1. The molecule has 1 unspecified atom stereocenters. The average Bonchev–Trinajstić information content (AvgIpc) is 3.20. The van der Waals surface area contributed by atoms with Crippen molar-refractivity contribution in [3.05, 3.63) is 69.8 Å². The summed E-state index contributed by atoms with van der Waals surface area (Å²) >= 11 is 0. The van der Waals surface area contributed by atoms with Gasteiger partial charge in [0.1, 0.15) is 29.7 Å². The summed E-state index contributed by atoms with van der Waals surface area (Å²) in [5, 5.41) is 20.3. The van der Waals surface area contributed by atoms with E-state index < -0.39 is 25.9 Å². The van der Waals surface area contributed by atoms with Crippen LogP contribution in [-0.2, 0) is 33.5 Å². The van der Waals surface area contributed by atoms with Crippen LogP contribution in [0.5, 0.6) is 11.5 Å². The number of carboxylic acid groups (broad SMARTS) is 1. The van der Waals surface area contributed by atoms with Gasteiger partial charge in [-0.3, -0.25) is 4.79 Å². The zero-order valence-electron chi connectivity index (χ0n) is 19.8. The number of nitrogens with zero attached hydrogens (tertiary/aromatic N) is 1. The number of para-hydroxylation sites is 1. The summed E-state index contributed by atoms with van der Waals surface area (Å²) in [5.41, 5.74) is 4.25. The number of esters is 1. The molecule has 2 aromatic rings. The molecule has 0 fully saturated rings. The van der Waals surface area contributed by atoms with E-state index in [9.17, 15) is 24.4 Å². The summed E-state index contributed by atoms with van der Waals surface area (Å²) in [5.74, 6) is -1.34. The van der Waals surface area contributed by atoms with E-state index in [0.29, 0.717) is 24.2 Å². The SMILES string of the molecule is CCc1c(C)c2c(c(O)c1CC=C(C)C[PH](=O)N(Oc1ccccc1)[C@@H](C)C(=O)O)C(=O)OC2. The van der Waals surface area contributed by atoms with Crippen LogP contribution < -0.4 is 4.84 Å². The molecule has 8 nitrogen and oxygen atoms in total. The Morgan fingerprint density at radius 2 is 1.97 bits per heavy atom. The van der Waals surface area contributed by atoms with Gasteiger partial charge in [-0.05, 0) is 56.9 Å². The van der Waals surface area contributed by atoms with E-state index in [1.807, 2.05) is 19.9 Å². The van der Waals surface area contributed by atoms with Crippen molar-refractivity contribution in [1.82, 2.24) is 4.83 Å². The van der Waals surface area contributed by atoms with Gasteiger partial charge in [0.05, 0.1) is 0 Å². The van der Waals surface area contributed by atoms with Gasteiger partial charge >= 0.3 is 11.9 Å². The lowest BCUT2D eigenvalue weighted by atomic mass is 9.89. The molecule has 0 radical (unpaired) electrons. The molecule has 1 aliphatic rings. The second-order valence-electron chi connectivity index (χ2n) is 8.28. The van der Waals surface area contributed by atoms with Gasteiger partial charge < -0.3 is 24.4 Å². The highest BCUT2D eigenvalue weighted by atomic mass is 31.1.